The van der Waals surface area contributed by atoms with Crippen LogP contribution in [0.15, 0.2) is 25.6 Å². The molecule has 0 aromatic heterocycles. The van der Waals surface area contributed by atoms with E-state index in [0.29, 0.717) is 0 Å². The van der Waals surface area contributed by atoms with Crippen molar-refractivity contribution in [3.05, 3.63) is 25.6 Å². The maximum absolute atomic E-state index is 9.42. The summed E-state index contributed by atoms with van der Waals surface area (Å²) in [4.78, 5) is 0. The summed E-state index contributed by atoms with van der Waals surface area (Å²) in [5.41, 5.74) is 0.951. The quantitative estimate of drug-likeness (QED) is 0.797. The Balaban J connectivity index is 2.95. The molecule has 1 aromatic carbocycles. The Hall–Kier alpha value is 0.420. The van der Waals surface area contributed by atoms with Gasteiger partial charge in [-0.25, -0.2) is 0 Å². The molecule has 0 fully saturated rings. The molecule has 0 radical (unpaired) electrons. The van der Waals surface area contributed by atoms with E-state index in [4.69, 9.17) is 0 Å². The third-order valence-corrected chi connectivity index (χ3v) is 3.81. The second-order valence-corrected chi connectivity index (χ2v) is 6.04. The second-order valence-electron chi connectivity index (χ2n) is 3.42. The van der Waals surface area contributed by atoms with E-state index in [1.165, 1.54) is 0 Å². The van der Waals surface area contributed by atoms with Gasteiger partial charge in [0.1, 0.15) is 0 Å². The van der Waals surface area contributed by atoms with Crippen molar-refractivity contribution >= 4 is 53.5 Å². The van der Waals surface area contributed by atoms with Gasteiger partial charge in [-0.05, 0) is 57.8 Å². The molecule has 0 amide bonds. The van der Waals surface area contributed by atoms with E-state index in [0.717, 1.165) is 19.1 Å². The first-order chi connectivity index (χ1) is 6.91. The Morgan fingerprint density at radius 2 is 1.60 bits per heavy atom. The topological polar surface area (TPSA) is 32.3 Å². The van der Waals surface area contributed by atoms with Gasteiger partial charge in [0.25, 0.3) is 0 Å². The highest BCUT2D eigenvalue weighted by Gasteiger charge is 2.13. The van der Waals surface area contributed by atoms with Gasteiger partial charge < -0.3 is 10.4 Å². The number of nitrogens with one attached hydrogen (secondary N) is 1. The van der Waals surface area contributed by atoms with Crippen LogP contribution in [0, 0.1) is 0 Å². The molecule has 0 heterocycles. The molecule has 0 saturated carbocycles. The molecule has 0 aliphatic rings. The average molecular weight is 402 g/mol. The van der Waals surface area contributed by atoms with E-state index >= 15 is 0 Å². The van der Waals surface area contributed by atoms with Gasteiger partial charge in [0.05, 0.1) is 11.8 Å². The molecule has 2 nitrogen and oxygen atoms in total. The minimum atomic E-state index is -0.396. The number of aliphatic hydroxyl groups excluding tert-OH is 1. The fraction of sp³-hybridized carbons (Fsp3) is 0.400. The van der Waals surface area contributed by atoms with Crippen molar-refractivity contribution in [2.75, 3.05) is 5.32 Å². The van der Waals surface area contributed by atoms with Crippen LogP contribution in [0.4, 0.5) is 5.69 Å². The molecule has 2 atom stereocenters. The summed E-state index contributed by atoms with van der Waals surface area (Å²) in [5.74, 6) is 0. The number of aliphatic hydroxyl groups is 1. The van der Waals surface area contributed by atoms with Crippen molar-refractivity contribution in [2.24, 2.45) is 0 Å². The Labute approximate surface area is 115 Å². The van der Waals surface area contributed by atoms with E-state index < -0.39 is 6.10 Å². The van der Waals surface area contributed by atoms with Crippen LogP contribution in [-0.2, 0) is 0 Å². The number of benzene rings is 1. The lowest BCUT2D eigenvalue weighted by Crippen LogP contribution is -2.28. The van der Waals surface area contributed by atoms with Crippen molar-refractivity contribution in [1.82, 2.24) is 0 Å². The zero-order chi connectivity index (χ0) is 11.6. The number of hydrogen-bond acceptors (Lipinski definition) is 2. The van der Waals surface area contributed by atoms with Gasteiger partial charge >= 0.3 is 0 Å². The summed E-state index contributed by atoms with van der Waals surface area (Å²) < 4.78 is 2.91. The molecule has 0 spiro atoms. The van der Waals surface area contributed by atoms with E-state index in [1.54, 1.807) is 6.92 Å². The fourth-order valence-electron chi connectivity index (χ4n) is 1.03. The van der Waals surface area contributed by atoms with Gasteiger partial charge in [0.15, 0.2) is 0 Å². The van der Waals surface area contributed by atoms with Crippen molar-refractivity contribution < 1.29 is 5.11 Å². The second kappa shape index (κ2) is 5.66. The normalized spacial score (nSPS) is 14.8. The summed E-state index contributed by atoms with van der Waals surface area (Å²) in [5, 5.41) is 12.7. The van der Waals surface area contributed by atoms with Crippen molar-refractivity contribution in [3.63, 3.8) is 0 Å². The Morgan fingerprint density at radius 1 is 1.13 bits per heavy atom. The van der Waals surface area contributed by atoms with E-state index in [-0.39, 0.29) is 6.04 Å². The largest absolute Gasteiger partial charge is 0.391 e. The molecule has 1 aromatic rings. The minimum absolute atomic E-state index is 0.00113. The standard InChI is InChI=1S/C10H12Br3NO/c1-5(6(2)15)14-10-8(12)3-7(11)4-9(10)13/h3-6,14-15H,1-2H3. The van der Waals surface area contributed by atoms with Crippen LogP contribution in [0.3, 0.4) is 0 Å². The van der Waals surface area contributed by atoms with Crippen molar-refractivity contribution in [3.8, 4) is 0 Å². The molecule has 2 N–H and O–H groups in total. The first-order valence-electron chi connectivity index (χ1n) is 4.51. The highest BCUT2D eigenvalue weighted by Crippen LogP contribution is 2.34. The summed E-state index contributed by atoms with van der Waals surface area (Å²) in [6.07, 6.45) is -0.396. The summed E-state index contributed by atoms with van der Waals surface area (Å²) in [7, 11) is 0. The third-order valence-electron chi connectivity index (χ3n) is 2.10. The van der Waals surface area contributed by atoms with Crippen molar-refractivity contribution in [2.45, 2.75) is 26.0 Å². The van der Waals surface area contributed by atoms with Gasteiger partial charge in [-0.1, -0.05) is 15.9 Å². The summed E-state index contributed by atoms with van der Waals surface area (Å²) in [6.45, 7) is 3.70. The lowest BCUT2D eigenvalue weighted by atomic mass is 10.2. The molecule has 15 heavy (non-hydrogen) atoms. The zero-order valence-electron chi connectivity index (χ0n) is 8.39. The fourth-order valence-corrected chi connectivity index (χ4v) is 3.52. The predicted octanol–water partition coefficient (Wildman–Crippen LogP) is 4.16. The molecule has 0 aliphatic heterocycles. The molecular formula is C10H12Br3NO. The molecular weight excluding hydrogens is 390 g/mol. The van der Waals surface area contributed by atoms with Crippen LogP contribution in [0.1, 0.15) is 13.8 Å². The highest BCUT2D eigenvalue weighted by atomic mass is 79.9. The number of rotatable bonds is 3. The van der Waals surface area contributed by atoms with Gasteiger partial charge in [-0.3, -0.25) is 0 Å². The third kappa shape index (κ3) is 3.73. The molecule has 0 saturated heterocycles. The van der Waals surface area contributed by atoms with E-state index in [9.17, 15) is 5.11 Å². The first-order valence-corrected chi connectivity index (χ1v) is 6.89. The van der Waals surface area contributed by atoms with E-state index in [1.807, 2.05) is 19.1 Å². The molecule has 5 heteroatoms. The zero-order valence-corrected chi connectivity index (χ0v) is 13.1. The van der Waals surface area contributed by atoms with Gasteiger partial charge in [0.2, 0.25) is 0 Å². The van der Waals surface area contributed by atoms with Crippen LogP contribution in [0.5, 0.6) is 0 Å². The van der Waals surface area contributed by atoms with Crippen LogP contribution in [-0.4, -0.2) is 17.3 Å². The van der Waals surface area contributed by atoms with Gasteiger partial charge in [0, 0.05) is 19.5 Å². The Kier molecular flexibility index (Phi) is 5.09. The number of hydrogen-bond donors (Lipinski definition) is 2. The summed E-state index contributed by atoms with van der Waals surface area (Å²) >= 11 is 10.3. The average Bonchev–Trinajstić information content (AvgIpc) is 2.10. The predicted molar refractivity (Wildman–Crippen MR) is 74.3 cm³/mol. The van der Waals surface area contributed by atoms with Gasteiger partial charge in [-0.2, -0.15) is 0 Å². The Morgan fingerprint density at radius 3 is 2.00 bits per heavy atom. The molecule has 0 aliphatic carbocycles. The lowest BCUT2D eigenvalue weighted by molar-refractivity contribution is 0.178. The molecule has 1 rings (SSSR count). The SMILES string of the molecule is CC(O)C(C)Nc1c(Br)cc(Br)cc1Br. The van der Waals surface area contributed by atoms with Crippen molar-refractivity contribution in [1.29, 1.82) is 0 Å². The number of halogens is 3. The molecule has 84 valence electrons. The lowest BCUT2D eigenvalue weighted by Gasteiger charge is -2.20. The maximum Gasteiger partial charge on any atom is 0.0710 e. The molecule has 2 unspecified atom stereocenters. The monoisotopic (exact) mass is 399 g/mol. The molecule has 0 bridgehead atoms. The van der Waals surface area contributed by atoms with E-state index in [2.05, 4.69) is 53.1 Å². The summed E-state index contributed by atoms with van der Waals surface area (Å²) in [6, 6.07) is 3.92. The van der Waals surface area contributed by atoms with Crippen LogP contribution >= 0.6 is 47.8 Å². The maximum atomic E-state index is 9.42. The van der Waals surface area contributed by atoms with Crippen LogP contribution in [0.2, 0.25) is 0 Å². The number of anilines is 1. The van der Waals surface area contributed by atoms with Crippen LogP contribution in [0.25, 0.3) is 0 Å². The Bertz CT molecular complexity index is 332. The minimum Gasteiger partial charge on any atom is -0.391 e. The van der Waals surface area contributed by atoms with Gasteiger partial charge in [-0.15, -0.1) is 0 Å². The smallest absolute Gasteiger partial charge is 0.0710 e. The highest BCUT2D eigenvalue weighted by molar-refractivity contribution is 9.11. The first kappa shape index (κ1) is 13.5. The van der Waals surface area contributed by atoms with Crippen LogP contribution < -0.4 is 5.32 Å².